The highest BCUT2D eigenvalue weighted by Gasteiger charge is 2.44. The average molecular weight is 344 g/mol. The molecule has 1 heterocycles. The molecule has 0 radical (unpaired) electrons. The fourth-order valence-electron chi connectivity index (χ4n) is 2.06. The molecule has 138 valence electrons. The van der Waals surface area contributed by atoms with Crippen molar-refractivity contribution < 1.29 is 55.4 Å². The van der Waals surface area contributed by atoms with Crippen LogP contribution in [0.5, 0.6) is 0 Å². The van der Waals surface area contributed by atoms with E-state index in [1.54, 1.807) is 0 Å². The van der Waals surface area contributed by atoms with Gasteiger partial charge in [0.2, 0.25) is 0 Å². The van der Waals surface area contributed by atoms with Crippen LogP contribution in [0.3, 0.4) is 0 Å². The highest BCUT2D eigenvalue weighted by atomic mass is 16.7. The van der Waals surface area contributed by atoms with Crippen molar-refractivity contribution >= 4 is 0 Å². The molecule has 0 aromatic heterocycles. The third-order valence-electron chi connectivity index (χ3n) is 3.61. The lowest BCUT2D eigenvalue weighted by molar-refractivity contribution is -0.306. The van der Waals surface area contributed by atoms with Crippen LogP contribution in [0.15, 0.2) is 0 Å². The number of aliphatic hydroxyl groups is 9. The fourth-order valence-corrected chi connectivity index (χ4v) is 2.06. The summed E-state index contributed by atoms with van der Waals surface area (Å²) in [4.78, 5) is 0. The Morgan fingerprint density at radius 2 is 1.39 bits per heavy atom. The Kier molecular flexibility index (Phi) is 8.20. The van der Waals surface area contributed by atoms with Crippen LogP contribution < -0.4 is 0 Å². The van der Waals surface area contributed by atoms with Crippen molar-refractivity contribution in [2.75, 3.05) is 19.8 Å². The van der Waals surface area contributed by atoms with Gasteiger partial charge in [-0.1, -0.05) is 0 Å². The molecule has 0 aliphatic carbocycles. The third kappa shape index (κ3) is 5.01. The molecule has 0 spiro atoms. The Morgan fingerprint density at radius 3 is 1.91 bits per heavy atom. The molecule has 0 aromatic carbocycles. The maximum absolute atomic E-state index is 9.70. The van der Waals surface area contributed by atoms with Crippen molar-refractivity contribution in [2.24, 2.45) is 0 Å². The summed E-state index contributed by atoms with van der Waals surface area (Å²) in [6.07, 6.45) is -14.7. The van der Waals surface area contributed by atoms with Crippen LogP contribution in [0.25, 0.3) is 0 Å². The fraction of sp³-hybridized carbons (Fsp3) is 1.00. The Hall–Kier alpha value is -0.440. The van der Waals surface area contributed by atoms with Gasteiger partial charge in [0.25, 0.3) is 0 Å². The molecule has 0 saturated carbocycles. The summed E-state index contributed by atoms with van der Waals surface area (Å²) < 4.78 is 9.99. The topological polar surface area (TPSA) is 201 Å². The second-order valence-electron chi connectivity index (χ2n) is 5.33. The van der Waals surface area contributed by atoms with Gasteiger partial charge in [-0.05, 0) is 0 Å². The zero-order chi connectivity index (χ0) is 17.7. The summed E-state index contributed by atoms with van der Waals surface area (Å²) in [5, 5.41) is 84.4. The van der Waals surface area contributed by atoms with E-state index < -0.39 is 74.9 Å². The molecule has 0 aromatic rings. The van der Waals surface area contributed by atoms with Crippen LogP contribution in [-0.4, -0.2) is 121 Å². The Morgan fingerprint density at radius 1 is 0.826 bits per heavy atom. The van der Waals surface area contributed by atoms with Gasteiger partial charge in [0, 0.05) is 0 Å². The van der Waals surface area contributed by atoms with Gasteiger partial charge in [0.15, 0.2) is 6.29 Å². The van der Waals surface area contributed by atoms with Gasteiger partial charge in [0.05, 0.1) is 19.8 Å². The van der Waals surface area contributed by atoms with Gasteiger partial charge in [0.1, 0.15) is 48.8 Å². The maximum Gasteiger partial charge on any atom is 0.186 e. The molecule has 3 unspecified atom stereocenters. The average Bonchev–Trinajstić information content (AvgIpc) is 2.56. The van der Waals surface area contributed by atoms with Gasteiger partial charge in [-0.3, -0.25) is 0 Å². The number of rotatable bonds is 8. The molecule has 11 heteroatoms. The van der Waals surface area contributed by atoms with Crippen LogP contribution in [0.1, 0.15) is 0 Å². The lowest BCUT2D eigenvalue weighted by Gasteiger charge is -2.40. The summed E-state index contributed by atoms with van der Waals surface area (Å²) >= 11 is 0. The minimum Gasteiger partial charge on any atom is -0.394 e. The summed E-state index contributed by atoms with van der Waals surface area (Å²) in [5.41, 5.74) is 0. The van der Waals surface area contributed by atoms with E-state index in [1.165, 1.54) is 0 Å². The molecule has 1 rings (SSSR count). The second-order valence-corrected chi connectivity index (χ2v) is 5.33. The smallest absolute Gasteiger partial charge is 0.186 e. The van der Waals surface area contributed by atoms with E-state index in [2.05, 4.69) is 0 Å². The van der Waals surface area contributed by atoms with Crippen molar-refractivity contribution in [3.05, 3.63) is 0 Å². The van der Waals surface area contributed by atoms with Crippen LogP contribution in [0, 0.1) is 0 Å². The van der Waals surface area contributed by atoms with Crippen LogP contribution in [0.2, 0.25) is 0 Å². The lowest BCUT2D eigenvalue weighted by atomic mass is 9.99. The highest BCUT2D eigenvalue weighted by Crippen LogP contribution is 2.22. The van der Waals surface area contributed by atoms with E-state index >= 15 is 0 Å². The quantitative estimate of drug-likeness (QED) is 0.203. The zero-order valence-corrected chi connectivity index (χ0v) is 12.2. The van der Waals surface area contributed by atoms with Crippen LogP contribution >= 0.6 is 0 Å². The molecular weight excluding hydrogens is 320 g/mol. The molecular formula is C12H24O11. The monoisotopic (exact) mass is 344 g/mol. The van der Waals surface area contributed by atoms with Crippen molar-refractivity contribution in [3.63, 3.8) is 0 Å². The first-order valence-electron chi connectivity index (χ1n) is 6.99. The first-order chi connectivity index (χ1) is 10.7. The molecule has 1 fully saturated rings. The van der Waals surface area contributed by atoms with Crippen LogP contribution in [-0.2, 0) is 9.47 Å². The predicted octanol–water partition coefficient (Wildman–Crippen LogP) is -5.76. The highest BCUT2D eigenvalue weighted by molar-refractivity contribution is 4.89. The van der Waals surface area contributed by atoms with Crippen molar-refractivity contribution in [3.8, 4) is 0 Å². The molecule has 9 N–H and O–H groups in total. The van der Waals surface area contributed by atoms with E-state index in [0.717, 1.165) is 0 Å². The molecule has 1 aliphatic rings. The summed E-state index contributed by atoms with van der Waals surface area (Å²) in [7, 11) is 0. The van der Waals surface area contributed by atoms with Gasteiger partial charge in [-0.15, -0.1) is 0 Å². The minimum absolute atomic E-state index is 0.655. The largest absolute Gasteiger partial charge is 0.394 e. The minimum atomic E-state index is -1.86. The van der Waals surface area contributed by atoms with Crippen molar-refractivity contribution in [1.29, 1.82) is 0 Å². The maximum atomic E-state index is 9.70. The van der Waals surface area contributed by atoms with E-state index in [0.29, 0.717) is 0 Å². The summed E-state index contributed by atoms with van der Waals surface area (Å²) in [6, 6.07) is 0. The molecule has 1 saturated heterocycles. The second kappa shape index (κ2) is 9.15. The van der Waals surface area contributed by atoms with Gasteiger partial charge >= 0.3 is 0 Å². The SMILES string of the molecule is OCC1O[C@H](OC[C@H](O)[C@@H](O)[C@H](O)[C@H](O)CO)C(O)C(O)[C@@H]1O. The molecule has 23 heavy (non-hydrogen) atoms. The van der Waals surface area contributed by atoms with Gasteiger partial charge in [-0.25, -0.2) is 0 Å². The summed E-state index contributed by atoms with van der Waals surface area (Å²) in [6.45, 7) is -2.16. The standard InChI is InChI=1S/C12H24O11/c13-1-4(15)7(17)8(18)5(16)3-22-12-11(21)10(20)9(19)6(2-14)23-12/h4-21H,1-3H2/t4-,5+,6?,7-,8-,9-,10?,11?,12+/m1/s1. The third-order valence-corrected chi connectivity index (χ3v) is 3.61. The first kappa shape index (κ1) is 20.6. The number of hydrogen-bond donors (Lipinski definition) is 9. The van der Waals surface area contributed by atoms with E-state index in [4.69, 9.17) is 19.7 Å². The molecule has 0 amide bonds. The van der Waals surface area contributed by atoms with Crippen molar-refractivity contribution in [1.82, 2.24) is 0 Å². The number of ether oxygens (including phenoxy) is 2. The Labute approximate surface area is 131 Å². The molecule has 0 bridgehead atoms. The Bertz CT molecular complexity index is 341. The predicted molar refractivity (Wildman–Crippen MR) is 70.8 cm³/mol. The van der Waals surface area contributed by atoms with E-state index in [1.807, 2.05) is 0 Å². The summed E-state index contributed by atoms with van der Waals surface area (Å²) in [5.74, 6) is 0. The Balaban J connectivity index is 2.55. The van der Waals surface area contributed by atoms with Gasteiger partial charge < -0.3 is 55.4 Å². The van der Waals surface area contributed by atoms with Gasteiger partial charge in [-0.2, -0.15) is 0 Å². The first-order valence-corrected chi connectivity index (χ1v) is 6.99. The molecule has 1 aliphatic heterocycles. The number of hydrogen-bond acceptors (Lipinski definition) is 11. The van der Waals surface area contributed by atoms with Crippen molar-refractivity contribution in [2.45, 2.75) is 55.1 Å². The number of aliphatic hydroxyl groups excluding tert-OH is 9. The van der Waals surface area contributed by atoms with Crippen LogP contribution in [0.4, 0.5) is 0 Å². The lowest BCUT2D eigenvalue weighted by Crippen LogP contribution is -2.59. The zero-order valence-electron chi connectivity index (χ0n) is 12.2. The van der Waals surface area contributed by atoms with E-state index in [-0.39, 0.29) is 0 Å². The normalized spacial score (nSPS) is 37.2. The molecule has 9 atom stereocenters. The molecule has 11 nitrogen and oxygen atoms in total. The van der Waals surface area contributed by atoms with E-state index in [9.17, 15) is 35.7 Å².